The van der Waals surface area contributed by atoms with E-state index < -0.39 is 23.2 Å². The van der Waals surface area contributed by atoms with Crippen molar-refractivity contribution in [2.45, 2.75) is 38.9 Å². The molecule has 0 atom stereocenters. The number of hydrogen-bond donors (Lipinski definition) is 0. The summed E-state index contributed by atoms with van der Waals surface area (Å²) in [6, 6.07) is 0. The second-order valence-corrected chi connectivity index (χ2v) is 5.92. The first kappa shape index (κ1) is 12.5. The molecule has 0 bridgehead atoms. The first-order valence-electron chi connectivity index (χ1n) is 5.19. The molecule has 8 heteroatoms. The van der Waals surface area contributed by atoms with Crippen LogP contribution in [-0.4, -0.2) is 28.2 Å². The van der Waals surface area contributed by atoms with Crippen LogP contribution in [0.5, 0.6) is 0 Å². The fourth-order valence-corrected chi connectivity index (χ4v) is 2.11. The Morgan fingerprint density at radius 3 is 2.29 bits per heavy atom. The van der Waals surface area contributed by atoms with Crippen molar-refractivity contribution in [2.75, 3.05) is 0 Å². The summed E-state index contributed by atoms with van der Waals surface area (Å²) in [7, 11) is -0.626. The number of nitro groups is 1. The molecule has 0 saturated carbocycles. The molecule has 2 heterocycles. The molecule has 1 aliphatic heterocycles. The Hall–Kier alpha value is -0.985. The van der Waals surface area contributed by atoms with Crippen molar-refractivity contribution < 1.29 is 14.2 Å². The minimum Gasteiger partial charge on any atom is -0.398 e. The Labute approximate surface area is 103 Å². The molecule has 0 unspecified atom stereocenters. The first-order valence-corrected chi connectivity index (χ1v) is 6.00. The lowest BCUT2D eigenvalue weighted by Crippen LogP contribution is -2.41. The number of rotatable bonds is 2. The van der Waals surface area contributed by atoms with Crippen LogP contribution in [0.15, 0.2) is 6.20 Å². The number of nitrogens with zero attached hydrogens (tertiary/aromatic N) is 2. The molecule has 6 nitrogen and oxygen atoms in total. The van der Waals surface area contributed by atoms with Crippen molar-refractivity contribution in [2.24, 2.45) is 0 Å². The van der Waals surface area contributed by atoms with E-state index in [-0.39, 0.29) is 5.00 Å². The summed E-state index contributed by atoms with van der Waals surface area (Å²) >= 11 is 0.980. The summed E-state index contributed by atoms with van der Waals surface area (Å²) in [4.78, 5) is 14.6. The predicted octanol–water partition coefficient (Wildman–Crippen LogP) is 1.35. The molecule has 1 fully saturated rings. The van der Waals surface area contributed by atoms with Crippen LogP contribution in [-0.2, 0) is 9.31 Å². The highest BCUT2D eigenvalue weighted by molar-refractivity contribution is 7.24. The third-order valence-electron chi connectivity index (χ3n) is 3.15. The van der Waals surface area contributed by atoms with Gasteiger partial charge in [-0.1, -0.05) is 11.3 Å². The molecule has 92 valence electrons. The highest BCUT2D eigenvalue weighted by atomic mass is 32.1. The number of hydrogen-bond acceptors (Lipinski definition) is 6. The van der Waals surface area contributed by atoms with Crippen LogP contribution in [0.4, 0.5) is 5.00 Å². The third-order valence-corrected chi connectivity index (χ3v) is 4.12. The summed E-state index contributed by atoms with van der Waals surface area (Å²) in [6.45, 7) is 7.70. The van der Waals surface area contributed by atoms with Crippen LogP contribution in [0.2, 0.25) is 0 Å². The zero-order chi connectivity index (χ0) is 12.8. The average Bonchev–Trinajstić information content (AvgIpc) is 2.70. The van der Waals surface area contributed by atoms with Crippen LogP contribution in [0, 0.1) is 10.1 Å². The van der Waals surface area contributed by atoms with Crippen LogP contribution < -0.4 is 4.91 Å². The van der Waals surface area contributed by atoms with Gasteiger partial charge in [0.2, 0.25) is 0 Å². The van der Waals surface area contributed by atoms with Gasteiger partial charge < -0.3 is 9.31 Å². The van der Waals surface area contributed by atoms with E-state index >= 15 is 0 Å². The lowest BCUT2D eigenvalue weighted by atomic mass is 9.90. The highest BCUT2D eigenvalue weighted by Gasteiger charge is 2.53. The molecule has 0 radical (unpaired) electrons. The zero-order valence-electron chi connectivity index (χ0n) is 10.1. The molecule has 0 spiro atoms. The van der Waals surface area contributed by atoms with E-state index in [1.165, 1.54) is 6.20 Å². The van der Waals surface area contributed by atoms with Gasteiger partial charge in [0.05, 0.1) is 16.1 Å². The van der Waals surface area contributed by atoms with Crippen molar-refractivity contribution in [3.05, 3.63) is 16.3 Å². The summed E-state index contributed by atoms with van der Waals surface area (Å²) in [5.74, 6) is 0. The van der Waals surface area contributed by atoms with E-state index in [0.29, 0.717) is 4.91 Å². The van der Waals surface area contributed by atoms with E-state index in [0.717, 1.165) is 11.3 Å². The maximum atomic E-state index is 10.6. The van der Waals surface area contributed by atoms with Gasteiger partial charge in [0.15, 0.2) is 0 Å². The van der Waals surface area contributed by atoms with Crippen LogP contribution >= 0.6 is 11.3 Å². The molecule has 1 aliphatic rings. The van der Waals surface area contributed by atoms with Crippen LogP contribution in [0.25, 0.3) is 0 Å². The van der Waals surface area contributed by atoms with Crippen molar-refractivity contribution in [3.8, 4) is 0 Å². The van der Waals surface area contributed by atoms with Gasteiger partial charge in [-0.25, -0.2) is 4.98 Å². The molecule has 0 aromatic carbocycles. The van der Waals surface area contributed by atoms with Crippen molar-refractivity contribution in [1.82, 2.24) is 4.98 Å². The van der Waals surface area contributed by atoms with Crippen molar-refractivity contribution in [3.63, 3.8) is 0 Å². The SMILES string of the molecule is CC1(C)OB(c2ncc([N+](=O)[O-])s2)OC1(C)C. The Kier molecular flexibility index (Phi) is 2.76. The summed E-state index contributed by atoms with van der Waals surface area (Å²) in [5, 5.41) is 10.6. The van der Waals surface area contributed by atoms with Gasteiger partial charge in [-0.2, -0.15) is 0 Å². The van der Waals surface area contributed by atoms with Gasteiger partial charge >= 0.3 is 12.1 Å². The predicted molar refractivity (Wildman–Crippen MR) is 64.5 cm³/mol. The minimum absolute atomic E-state index is 0.00490. The van der Waals surface area contributed by atoms with Gasteiger partial charge in [-0.05, 0) is 27.7 Å². The minimum atomic E-state index is -0.626. The van der Waals surface area contributed by atoms with Gasteiger partial charge in [0, 0.05) is 0 Å². The maximum Gasteiger partial charge on any atom is 0.525 e. The monoisotopic (exact) mass is 256 g/mol. The Morgan fingerprint density at radius 2 is 1.88 bits per heavy atom. The lowest BCUT2D eigenvalue weighted by molar-refractivity contribution is -0.380. The summed E-state index contributed by atoms with van der Waals surface area (Å²) in [6.07, 6.45) is 1.23. The van der Waals surface area contributed by atoms with E-state index in [1.54, 1.807) is 0 Å². The van der Waals surface area contributed by atoms with Crippen LogP contribution in [0.3, 0.4) is 0 Å². The quantitative estimate of drug-likeness (QED) is 0.453. The van der Waals surface area contributed by atoms with E-state index in [1.807, 2.05) is 27.7 Å². The molecule has 0 amide bonds. The normalized spacial score (nSPS) is 21.8. The molecule has 0 N–H and O–H groups in total. The summed E-state index contributed by atoms with van der Waals surface area (Å²) < 4.78 is 11.5. The molecule has 17 heavy (non-hydrogen) atoms. The van der Waals surface area contributed by atoms with Crippen molar-refractivity contribution in [1.29, 1.82) is 0 Å². The number of thiazole rings is 1. The third kappa shape index (κ3) is 2.07. The highest BCUT2D eigenvalue weighted by Crippen LogP contribution is 2.36. The van der Waals surface area contributed by atoms with Gasteiger partial charge in [-0.3, -0.25) is 10.1 Å². The second-order valence-electron chi connectivity index (χ2n) is 4.88. The Bertz CT molecular complexity index is 444. The van der Waals surface area contributed by atoms with Gasteiger partial charge in [-0.15, -0.1) is 0 Å². The maximum absolute atomic E-state index is 10.6. The topological polar surface area (TPSA) is 74.5 Å². The fraction of sp³-hybridized carbons (Fsp3) is 0.667. The van der Waals surface area contributed by atoms with E-state index in [4.69, 9.17) is 9.31 Å². The van der Waals surface area contributed by atoms with Crippen LogP contribution in [0.1, 0.15) is 27.7 Å². The smallest absolute Gasteiger partial charge is 0.398 e. The lowest BCUT2D eigenvalue weighted by Gasteiger charge is -2.32. The second kappa shape index (κ2) is 3.76. The van der Waals surface area contributed by atoms with Crippen molar-refractivity contribution >= 4 is 28.4 Å². The van der Waals surface area contributed by atoms with Gasteiger partial charge in [0.1, 0.15) is 11.1 Å². The standard InChI is InChI=1S/C9H13BN2O4S/c1-8(2)9(3,4)16-10(15-8)7-11-5-6(17-7)12(13)14/h5H,1-4H3. The molecular weight excluding hydrogens is 243 g/mol. The molecular formula is C9H13BN2O4S. The first-order chi connectivity index (χ1) is 7.73. The molecule has 1 aromatic heterocycles. The largest absolute Gasteiger partial charge is 0.525 e. The Balaban J connectivity index is 2.23. The average molecular weight is 256 g/mol. The molecule has 0 aliphatic carbocycles. The van der Waals surface area contributed by atoms with Gasteiger partial charge in [0.25, 0.3) is 0 Å². The Morgan fingerprint density at radius 1 is 1.35 bits per heavy atom. The van der Waals surface area contributed by atoms with E-state index in [9.17, 15) is 10.1 Å². The number of aromatic nitrogens is 1. The molecule has 2 rings (SSSR count). The fourth-order valence-electron chi connectivity index (χ4n) is 1.42. The van der Waals surface area contributed by atoms with E-state index in [2.05, 4.69) is 4.98 Å². The molecule has 1 aromatic rings. The molecule has 1 saturated heterocycles. The zero-order valence-corrected chi connectivity index (χ0v) is 10.9. The summed E-state index contributed by atoms with van der Waals surface area (Å²) in [5.41, 5.74) is -0.920.